The maximum Gasteiger partial charge on any atom is 0.267 e. The van der Waals surface area contributed by atoms with Crippen LogP contribution in [0.4, 0.5) is 0 Å². The molecule has 0 aromatic carbocycles. The van der Waals surface area contributed by atoms with Crippen molar-refractivity contribution in [2.45, 2.75) is 38.6 Å². The third kappa shape index (κ3) is 2.68. The molecule has 5 nitrogen and oxygen atoms in total. The first-order valence-electron chi connectivity index (χ1n) is 4.97. The summed E-state index contributed by atoms with van der Waals surface area (Å²) in [5, 5.41) is 23.6. The fourth-order valence-electron chi connectivity index (χ4n) is 1.65. The van der Waals surface area contributed by atoms with Gasteiger partial charge in [0.1, 0.15) is 13.1 Å². The Morgan fingerprint density at radius 2 is 1.86 bits per heavy atom. The predicted molar refractivity (Wildman–Crippen MR) is 53.4 cm³/mol. The topological polar surface area (TPSA) is 64.5 Å². The molecule has 0 spiro atoms. The van der Waals surface area contributed by atoms with Crippen molar-refractivity contribution in [3.05, 3.63) is 10.4 Å². The number of hydrogen-bond donors (Lipinski definition) is 0. The first-order chi connectivity index (χ1) is 6.56. The molecule has 0 amide bonds. The van der Waals surface area contributed by atoms with E-state index < -0.39 is 5.54 Å². The van der Waals surface area contributed by atoms with Crippen molar-refractivity contribution < 1.29 is 9.44 Å². The van der Waals surface area contributed by atoms with Crippen molar-refractivity contribution in [1.29, 1.82) is 0 Å². The smallest absolute Gasteiger partial charge is 0.267 e. The zero-order valence-corrected chi connectivity index (χ0v) is 8.77. The van der Waals surface area contributed by atoms with Gasteiger partial charge in [-0.25, -0.2) is 4.58 Å². The van der Waals surface area contributed by atoms with Gasteiger partial charge in [0.15, 0.2) is 0 Å². The summed E-state index contributed by atoms with van der Waals surface area (Å²) in [7, 11) is 0. The molecule has 0 radical (unpaired) electrons. The highest BCUT2D eigenvalue weighted by Gasteiger charge is 2.31. The lowest BCUT2D eigenvalue weighted by Gasteiger charge is -2.17. The number of piperidine rings is 1. The highest BCUT2D eigenvalue weighted by atomic mass is 16.6. The summed E-state index contributed by atoms with van der Waals surface area (Å²) in [6.45, 7) is 5.32. The fourth-order valence-corrected chi connectivity index (χ4v) is 1.65. The molecule has 5 heteroatoms. The average Bonchev–Trinajstić information content (AvgIpc) is 2.17. The van der Waals surface area contributed by atoms with Crippen LogP contribution in [0, 0.1) is 10.4 Å². The van der Waals surface area contributed by atoms with Crippen molar-refractivity contribution in [3.63, 3.8) is 0 Å². The third-order valence-electron chi connectivity index (χ3n) is 2.46. The zero-order chi connectivity index (χ0) is 10.6. The van der Waals surface area contributed by atoms with Gasteiger partial charge in [0.05, 0.1) is 0 Å². The van der Waals surface area contributed by atoms with E-state index in [-0.39, 0.29) is 4.86 Å². The third-order valence-corrected chi connectivity index (χ3v) is 2.46. The van der Waals surface area contributed by atoms with E-state index in [2.05, 4.69) is 9.85 Å². The van der Waals surface area contributed by atoms with Crippen LogP contribution >= 0.6 is 0 Å². The van der Waals surface area contributed by atoms with E-state index >= 15 is 0 Å². The minimum Gasteiger partial charge on any atom is -0.739 e. The second kappa shape index (κ2) is 4.39. The number of hydroxylamine groups is 1. The molecule has 0 aromatic heterocycles. The Labute approximate surface area is 83.9 Å². The van der Waals surface area contributed by atoms with Crippen molar-refractivity contribution in [1.82, 2.24) is 0 Å². The first kappa shape index (κ1) is 10.9. The first-order valence-corrected chi connectivity index (χ1v) is 4.97. The van der Waals surface area contributed by atoms with Gasteiger partial charge in [-0.15, -0.1) is 0 Å². The van der Waals surface area contributed by atoms with Gasteiger partial charge in [-0.3, -0.25) is 0 Å². The quantitative estimate of drug-likeness (QED) is 0.384. The molecule has 0 atom stereocenters. The van der Waals surface area contributed by atoms with E-state index in [1.54, 1.807) is 20.1 Å². The molecule has 0 unspecified atom stereocenters. The van der Waals surface area contributed by atoms with Crippen LogP contribution in [0.5, 0.6) is 0 Å². The molecule has 0 saturated carbocycles. The van der Waals surface area contributed by atoms with Crippen LogP contribution in [0.15, 0.2) is 5.28 Å². The van der Waals surface area contributed by atoms with Gasteiger partial charge >= 0.3 is 0 Å². The molecule has 1 saturated heterocycles. The lowest BCUT2D eigenvalue weighted by molar-refractivity contribution is -0.599. The predicted octanol–water partition coefficient (Wildman–Crippen LogP) is 1.49. The minimum absolute atomic E-state index is 0.210. The Kier molecular flexibility index (Phi) is 3.43. The molecule has 14 heavy (non-hydrogen) atoms. The Morgan fingerprint density at radius 1 is 1.29 bits per heavy atom. The molecular formula is C9H17N3O2. The molecule has 1 rings (SSSR count). The highest BCUT2D eigenvalue weighted by Crippen LogP contribution is 2.09. The van der Waals surface area contributed by atoms with Crippen molar-refractivity contribution in [2.75, 3.05) is 13.1 Å². The Morgan fingerprint density at radius 3 is 2.36 bits per heavy atom. The maximum absolute atomic E-state index is 11.1. The molecule has 0 bridgehead atoms. The monoisotopic (exact) mass is 199 g/mol. The van der Waals surface area contributed by atoms with E-state index in [9.17, 15) is 10.4 Å². The van der Waals surface area contributed by atoms with E-state index in [1.165, 1.54) is 6.42 Å². The average molecular weight is 199 g/mol. The summed E-state index contributed by atoms with van der Waals surface area (Å²) in [6, 6.07) is 0. The Bertz CT molecular complexity index is 251. The van der Waals surface area contributed by atoms with Crippen molar-refractivity contribution >= 4 is 6.21 Å². The molecule has 80 valence electrons. The SMILES string of the molecule is CC(C)(C=[N+]1CCCCC1)/[N+]([O-])=N/[O-]. The van der Waals surface area contributed by atoms with Crippen LogP contribution in [0.1, 0.15) is 33.1 Å². The molecule has 0 aromatic rings. The zero-order valence-electron chi connectivity index (χ0n) is 8.77. The second-order valence-electron chi connectivity index (χ2n) is 4.23. The van der Waals surface area contributed by atoms with E-state index in [0.29, 0.717) is 0 Å². The largest absolute Gasteiger partial charge is 0.739 e. The standard InChI is InChI=1S/C9H17N3O2/c1-9(2,12(14)10-13)8-11-6-4-3-5-7-11/h8H,3-7H2,1-2H3/b12-10-. The summed E-state index contributed by atoms with van der Waals surface area (Å²) < 4.78 is 2.10. The van der Waals surface area contributed by atoms with E-state index in [4.69, 9.17) is 0 Å². The van der Waals surface area contributed by atoms with Crippen molar-refractivity contribution in [2.24, 2.45) is 5.28 Å². The van der Waals surface area contributed by atoms with Gasteiger partial charge in [0, 0.05) is 26.7 Å². The molecule has 1 aliphatic heterocycles. The van der Waals surface area contributed by atoms with Gasteiger partial charge in [-0.1, -0.05) is 4.86 Å². The summed E-state index contributed by atoms with van der Waals surface area (Å²) in [6.07, 6.45) is 5.36. The molecule has 1 fully saturated rings. The molecule has 0 N–H and O–H groups in total. The van der Waals surface area contributed by atoms with Crippen LogP contribution in [-0.2, 0) is 0 Å². The molecule has 0 aliphatic carbocycles. The van der Waals surface area contributed by atoms with Gasteiger partial charge in [0.2, 0.25) is 6.21 Å². The van der Waals surface area contributed by atoms with Gasteiger partial charge in [-0.05, 0) is 11.7 Å². The van der Waals surface area contributed by atoms with Crippen LogP contribution < -0.4 is 0 Å². The van der Waals surface area contributed by atoms with Crippen LogP contribution in [0.2, 0.25) is 0 Å². The summed E-state index contributed by atoms with van der Waals surface area (Å²) in [5.41, 5.74) is -0.834. The number of rotatable bonds is 2. The van der Waals surface area contributed by atoms with Crippen molar-refractivity contribution in [3.8, 4) is 0 Å². The van der Waals surface area contributed by atoms with Gasteiger partial charge < -0.3 is 10.4 Å². The normalized spacial score (nSPS) is 19.6. The fraction of sp³-hybridized carbons (Fsp3) is 0.889. The Hall–Kier alpha value is -1.13. The van der Waals surface area contributed by atoms with Gasteiger partial charge in [-0.2, -0.15) is 0 Å². The summed E-state index contributed by atoms with van der Waals surface area (Å²) in [4.78, 5) is 0.210. The van der Waals surface area contributed by atoms with Crippen LogP contribution in [-0.4, -0.2) is 34.3 Å². The highest BCUT2D eigenvalue weighted by molar-refractivity contribution is 5.61. The van der Waals surface area contributed by atoms with Crippen LogP contribution in [0.25, 0.3) is 0 Å². The molecular weight excluding hydrogens is 182 g/mol. The second-order valence-corrected chi connectivity index (χ2v) is 4.23. The van der Waals surface area contributed by atoms with Crippen LogP contribution in [0.3, 0.4) is 0 Å². The lowest BCUT2D eigenvalue weighted by atomic mass is 10.1. The van der Waals surface area contributed by atoms with E-state index in [1.807, 2.05) is 0 Å². The molecule has 1 aliphatic rings. The Balaban J connectivity index is 2.72. The van der Waals surface area contributed by atoms with E-state index in [0.717, 1.165) is 25.9 Å². The minimum atomic E-state index is -0.834. The summed E-state index contributed by atoms with van der Waals surface area (Å²) in [5.74, 6) is 0. The summed E-state index contributed by atoms with van der Waals surface area (Å²) >= 11 is 0. The van der Waals surface area contributed by atoms with Gasteiger partial charge in [0.25, 0.3) is 5.54 Å². The number of nitrogens with zero attached hydrogens (tertiary/aromatic N) is 3. The number of hydrogen-bond acceptors (Lipinski definition) is 3. The molecule has 1 heterocycles. The lowest BCUT2D eigenvalue weighted by Crippen LogP contribution is -2.38. The maximum atomic E-state index is 11.1.